The molecule has 0 spiro atoms. The fraction of sp³-hybridized carbons (Fsp3) is 0.875. The third-order valence-electron chi connectivity index (χ3n) is 4.84. The standard InChI is InChI=1S/C16H33NO4Si/c1-11(13(3)18)14(12(2)15(19)17(7)20-8)21-22(9,10)16(4,5)6/h11-12,14H,1-10H3/t11-,12?,14?/m0/s1. The summed E-state index contributed by atoms with van der Waals surface area (Å²) < 4.78 is 6.42. The fourth-order valence-corrected chi connectivity index (χ4v) is 3.34. The Morgan fingerprint density at radius 3 is 1.86 bits per heavy atom. The van der Waals surface area contributed by atoms with Gasteiger partial charge in [-0.15, -0.1) is 0 Å². The molecule has 0 saturated heterocycles. The fourth-order valence-electron chi connectivity index (χ4n) is 1.90. The molecule has 0 rings (SSSR count). The summed E-state index contributed by atoms with van der Waals surface area (Å²) in [6.45, 7) is 15.9. The van der Waals surface area contributed by atoms with Crippen molar-refractivity contribution in [2.24, 2.45) is 11.8 Å². The van der Waals surface area contributed by atoms with Gasteiger partial charge < -0.3 is 4.43 Å². The maximum absolute atomic E-state index is 12.4. The molecule has 0 aliphatic carbocycles. The van der Waals surface area contributed by atoms with Crippen molar-refractivity contribution in [3.05, 3.63) is 0 Å². The van der Waals surface area contributed by atoms with Gasteiger partial charge in [-0.3, -0.25) is 14.4 Å². The second-order valence-corrected chi connectivity index (χ2v) is 12.3. The first-order valence-corrected chi connectivity index (χ1v) is 10.7. The highest BCUT2D eigenvalue weighted by atomic mass is 28.4. The molecule has 2 unspecified atom stereocenters. The highest BCUT2D eigenvalue weighted by Gasteiger charge is 2.43. The van der Waals surface area contributed by atoms with Gasteiger partial charge in [-0.05, 0) is 25.1 Å². The van der Waals surface area contributed by atoms with Crippen LogP contribution in [0.3, 0.4) is 0 Å². The molecule has 0 N–H and O–H groups in total. The Hall–Kier alpha value is -0.723. The number of hydrogen-bond donors (Lipinski definition) is 0. The van der Waals surface area contributed by atoms with Gasteiger partial charge in [0.2, 0.25) is 0 Å². The van der Waals surface area contributed by atoms with Gasteiger partial charge in [0.25, 0.3) is 5.91 Å². The molecule has 0 aliphatic heterocycles. The Balaban J connectivity index is 5.49. The van der Waals surface area contributed by atoms with Gasteiger partial charge in [-0.25, -0.2) is 5.06 Å². The zero-order valence-corrected chi connectivity index (χ0v) is 16.8. The summed E-state index contributed by atoms with van der Waals surface area (Å²) in [6, 6.07) is 0. The number of Topliss-reactive ketones (excluding diaryl/α,β-unsaturated/α-hetero) is 1. The van der Waals surface area contributed by atoms with E-state index in [1.54, 1.807) is 20.9 Å². The maximum Gasteiger partial charge on any atom is 0.251 e. The van der Waals surface area contributed by atoms with Crippen molar-refractivity contribution in [2.45, 2.75) is 65.8 Å². The summed E-state index contributed by atoms with van der Waals surface area (Å²) in [5.74, 6) is -0.931. The Labute approximate surface area is 136 Å². The molecule has 0 aromatic rings. The zero-order chi connectivity index (χ0) is 17.9. The lowest BCUT2D eigenvalue weighted by atomic mass is 9.90. The second-order valence-electron chi connectivity index (χ2n) is 7.55. The topological polar surface area (TPSA) is 55.8 Å². The summed E-state index contributed by atoms with van der Waals surface area (Å²) in [4.78, 5) is 29.2. The number of carbonyl (C=O) groups excluding carboxylic acids is 2. The minimum Gasteiger partial charge on any atom is -0.412 e. The smallest absolute Gasteiger partial charge is 0.251 e. The van der Waals surface area contributed by atoms with Crippen LogP contribution in [0.5, 0.6) is 0 Å². The van der Waals surface area contributed by atoms with Crippen molar-refractivity contribution in [1.82, 2.24) is 5.06 Å². The van der Waals surface area contributed by atoms with Crippen LogP contribution in [0.15, 0.2) is 0 Å². The normalized spacial score (nSPS) is 16.8. The number of amides is 1. The van der Waals surface area contributed by atoms with Gasteiger partial charge in [-0.2, -0.15) is 0 Å². The van der Waals surface area contributed by atoms with E-state index in [1.165, 1.54) is 12.2 Å². The Morgan fingerprint density at radius 1 is 1.09 bits per heavy atom. The largest absolute Gasteiger partial charge is 0.412 e. The third-order valence-corrected chi connectivity index (χ3v) is 9.31. The Bertz CT molecular complexity index is 403. The van der Waals surface area contributed by atoms with Gasteiger partial charge in [0, 0.05) is 13.0 Å². The van der Waals surface area contributed by atoms with Crippen LogP contribution in [0.2, 0.25) is 18.1 Å². The number of hydrogen-bond acceptors (Lipinski definition) is 4. The predicted molar refractivity (Wildman–Crippen MR) is 90.9 cm³/mol. The van der Waals surface area contributed by atoms with E-state index < -0.39 is 20.3 Å². The van der Waals surface area contributed by atoms with E-state index in [2.05, 4.69) is 33.9 Å². The van der Waals surface area contributed by atoms with Crippen molar-refractivity contribution in [1.29, 1.82) is 0 Å². The molecular weight excluding hydrogens is 298 g/mol. The van der Waals surface area contributed by atoms with E-state index >= 15 is 0 Å². The van der Waals surface area contributed by atoms with Crippen molar-refractivity contribution >= 4 is 20.0 Å². The molecule has 6 heteroatoms. The SMILES string of the molecule is CON(C)C(=O)C(C)C(O[Si](C)(C)C(C)(C)C)[C@@H](C)C(C)=O. The van der Waals surface area contributed by atoms with Crippen LogP contribution in [-0.4, -0.2) is 45.3 Å². The van der Waals surface area contributed by atoms with Crippen LogP contribution in [-0.2, 0) is 18.9 Å². The summed E-state index contributed by atoms with van der Waals surface area (Å²) in [5, 5.41) is 1.21. The van der Waals surface area contributed by atoms with Crippen molar-refractivity contribution in [2.75, 3.05) is 14.2 Å². The van der Waals surface area contributed by atoms with Crippen molar-refractivity contribution in [3.8, 4) is 0 Å². The van der Waals surface area contributed by atoms with E-state index in [4.69, 9.17) is 9.26 Å². The summed E-state index contributed by atoms with van der Waals surface area (Å²) in [7, 11) is 0.923. The molecule has 0 bridgehead atoms. The van der Waals surface area contributed by atoms with E-state index in [0.717, 1.165) is 0 Å². The third kappa shape index (κ3) is 5.17. The first kappa shape index (κ1) is 21.3. The molecule has 0 aromatic heterocycles. The first-order chi connectivity index (χ1) is 9.76. The molecule has 0 fully saturated rings. The molecular formula is C16H33NO4Si. The van der Waals surface area contributed by atoms with Gasteiger partial charge in [0.05, 0.1) is 19.1 Å². The van der Waals surface area contributed by atoms with E-state index in [-0.39, 0.29) is 22.6 Å². The second kappa shape index (κ2) is 7.70. The Kier molecular flexibility index (Phi) is 7.45. The molecule has 0 saturated carbocycles. The lowest BCUT2D eigenvalue weighted by Gasteiger charge is -2.42. The van der Waals surface area contributed by atoms with Crippen LogP contribution in [0, 0.1) is 11.8 Å². The molecule has 3 atom stereocenters. The highest BCUT2D eigenvalue weighted by molar-refractivity contribution is 6.74. The summed E-state index contributed by atoms with van der Waals surface area (Å²) >= 11 is 0. The number of hydroxylamine groups is 2. The Morgan fingerprint density at radius 2 is 1.55 bits per heavy atom. The average molecular weight is 332 g/mol. The van der Waals surface area contributed by atoms with E-state index in [1.807, 2.05) is 6.92 Å². The molecule has 130 valence electrons. The maximum atomic E-state index is 12.4. The lowest BCUT2D eigenvalue weighted by molar-refractivity contribution is -0.176. The molecule has 0 aromatic carbocycles. The zero-order valence-electron chi connectivity index (χ0n) is 15.8. The molecule has 0 radical (unpaired) electrons. The van der Waals surface area contributed by atoms with Crippen molar-refractivity contribution in [3.63, 3.8) is 0 Å². The van der Waals surface area contributed by atoms with Gasteiger partial charge in [0.15, 0.2) is 8.32 Å². The molecule has 5 nitrogen and oxygen atoms in total. The molecule has 1 amide bonds. The van der Waals surface area contributed by atoms with Crippen LogP contribution in [0.1, 0.15) is 41.5 Å². The monoisotopic (exact) mass is 331 g/mol. The summed E-state index contributed by atoms with van der Waals surface area (Å²) in [5.41, 5.74) is 0. The molecule has 0 heterocycles. The minimum atomic E-state index is -2.09. The van der Waals surface area contributed by atoms with E-state index in [0.29, 0.717) is 0 Å². The lowest BCUT2D eigenvalue weighted by Crippen LogP contribution is -2.51. The minimum absolute atomic E-state index is 0.0116. The van der Waals surface area contributed by atoms with Crippen LogP contribution < -0.4 is 0 Å². The van der Waals surface area contributed by atoms with Crippen molar-refractivity contribution < 1.29 is 18.9 Å². The molecule has 22 heavy (non-hydrogen) atoms. The van der Waals surface area contributed by atoms with Crippen LogP contribution >= 0.6 is 0 Å². The quantitative estimate of drug-likeness (QED) is 0.531. The molecule has 0 aliphatic rings. The van der Waals surface area contributed by atoms with Crippen LogP contribution in [0.4, 0.5) is 0 Å². The number of carbonyl (C=O) groups is 2. The van der Waals surface area contributed by atoms with Gasteiger partial charge >= 0.3 is 0 Å². The van der Waals surface area contributed by atoms with E-state index in [9.17, 15) is 9.59 Å². The number of nitrogens with zero attached hydrogens (tertiary/aromatic N) is 1. The summed E-state index contributed by atoms with van der Waals surface area (Å²) in [6.07, 6.45) is -0.441. The first-order valence-electron chi connectivity index (χ1n) is 7.76. The average Bonchev–Trinajstić information content (AvgIpc) is 2.40. The number of ketones is 1. The highest BCUT2D eigenvalue weighted by Crippen LogP contribution is 2.39. The van der Waals surface area contributed by atoms with Crippen LogP contribution in [0.25, 0.3) is 0 Å². The predicted octanol–water partition coefficient (Wildman–Crippen LogP) is 3.26. The van der Waals surface area contributed by atoms with Gasteiger partial charge in [0.1, 0.15) is 5.78 Å². The number of rotatable bonds is 7. The van der Waals surface area contributed by atoms with Gasteiger partial charge in [-0.1, -0.05) is 34.6 Å².